The van der Waals surface area contributed by atoms with Gasteiger partial charge in [0.2, 0.25) is 17.7 Å². The minimum Gasteiger partial charge on any atom is -0.481 e. The quantitative estimate of drug-likeness (QED) is 0.137. The zero-order chi connectivity index (χ0) is 25.8. The number of hydrogen-bond donors (Lipinski definition) is 8. The summed E-state index contributed by atoms with van der Waals surface area (Å²) in [5.41, 5.74) is 6.22. The number of nitrogens with two attached hydrogens (primary N) is 1. The summed E-state index contributed by atoms with van der Waals surface area (Å²) in [6, 6.07) is 3.37. The highest BCUT2D eigenvalue weighted by atomic mass is 32.1. The van der Waals surface area contributed by atoms with Crippen molar-refractivity contribution < 1.29 is 39.3 Å². The number of thiol groups is 1. The molecule has 1 aromatic rings. The minimum atomic E-state index is -1.48. The Bertz CT molecular complexity index is 868. The highest BCUT2D eigenvalue weighted by Crippen LogP contribution is 2.06. The second-order valence-electron chi connectivity index (χ2n) is 7.59. The molecule has 0 aliphatic heterocycles. The van der Waals surface area contributed by atoms with E-state index in [1.807, 2.05) is 0 Å². The Kier molecular flexibility index (Phi) is 12.0. The largest absolute Gasteiger partial charge is 0.481 e. The summed E-state index contributed by atoms with van der Waals surface area (Å²) in [6.45, 7) is 1.31. The van der Waals surface area contributed by atoms with Gasteiger partial charge in [-0.15, -0.1) is 0 Å². The van der Waals surface area contributed by atoms with E-state index in [-0.39, 0.29) is 18.6 Å². The van der Waals surface area contributed by atoms with Crippen molar-refractivity contribution in [1.82, 2.24) is 16.0 Å². The van der Waals surface area contributed by atoms with Crippen molar-refractivity contribution in [3.8, 4) is 0 Å². The number of aliphatic hydroxyl groups is 1. The van der Waals surface area contributed by atoms with Crippen LogP contribution in [0.25, 0.3) is 0 Å². The number of carboxylic acids is 2. The first-order valence-corrected chi connectivity index (χ1v) is 11.0. The lowest BCUT2D eigenvalue weighted by molar-refractivity contribution is -0.143. The van der Waals surface area contributed by atoms with Crippen molar-refractivity contribution in [1.29, 1.82) is 0 Å². The number of carbonyl (C=O) groups excluding carboxylic acids is 3. The van der Waals surface area contributed by atoms with Gasteiger partial charge in [0, 0.05) is 18.6 Å². The molecule has 8 N–H and O–H groups in total. The molecule has 0 fully saturated rings. The summed E-state index contributed by atoms with van der Waals surface area (Å²) in [5.74, 6) is -5.23. The van der Waals surface area contributed by atoms with Crippen molar-refractivity contribution in [3.63, 3.8) is 0 Å². The Balaban J connectivity index is 3.02. The first-order valence-electron chi connectivity index (χ1n) is 10.4. The van der Waals surface area contributed by atoms with E-state index in [9.17, 15) is 34.2 Å². The van der Waals surface area contributed by atoms with Gasteiger partial charge in [-0.2, -0.15) is 12.6 Å². The SMILES string of the molecule is CC(O)C(N)C(=O)NC(CS)C(=O)NC(Cc1ccccc1)C(=O)NC(CCC(=O)O)C(=O)O. The van der Waals surface area contributed by atoms with Crippen LogP contribution in [0.1, 0.15) is 25.3 Å². The van der Waals surface area contributed by atoms with Crippen molar-refractivity contribution in [3.05, 3.63) is 35.9 Å². The minimum absolute atomic E-state index is 0.00981. The molecule has 1 rings (SSSR count). The normalized spacial score (nSPS) is 15.2. The van der Waals surface area contributed by atoms with Crippen LogP contribution in [0.15, 0.2) is 30.3 Å². The number of carbonyl (C=O) groups is 5. The smallest absolute Gasteiger partial charge is 0.326 e. The molecule has 0 saturated heterocycles. The van der Waals surface area contributed by atoms with Gasteiger partial charge in [0.25, 0.3) is 0 Å². The Morgan fingerprint density at radius 3 is 1.94 bits per heavy atom. The van der Waals surface area contributed by atoms with E-state index in [0.717, 1.165) is 0 Å². The molecule has 12 nitrogen and oxygen atoms in total. The van der Waals surface area contributed by atoms with E-state index in [1.165, 1.54) is 6.92 Å². The summed E-state index contributed by atoms with van der Waals surface area (Å²) in [6.07, 6.45) is -2.01. The summed E-state index contributed by atoms with van der Waals surface area (Å²) < 4.78 is 0. The van der Waals surface area contributed by atoms with E-state index in [1.54, 1.807) is 30.3 Å². The number of amides is 3. The van der Waals surface area contributed by atoms with E-state index in [0.29, 0.717) is 5.56 Å². The average molecular weight is 499 g/mol. The van der Waals surface area contributed by atoms with Gasteiger partial charge in [0.05, 0.1) is 6.10 Å². The van der Waals surface area contributed by atoms with Gasteiger partial charge in [-0.1, -0.05) is 30.3 Å². The van der Waals surface area contributed by atoms with Gasteiger partial charge in [-0.05, 0) is 18.9 Å². The Labute approximate surface area is 201 Å². The topological polar surface area (TPSA) is 208 Å². The van der Waals surface area contributed by atoms with Crippen LogP contribution in [0.5, 0.6) is 0 Å². The van der Waals surface area contributed by atoms with Crippen LogP contribution in [-0.2, 0) is 30.4 Å². The molecule has 5 atom stereocenters. The zero-order valence-electron chi connectivity index (χ0n) is 18.5. The lowest BCUT2D eigenvalue weighted by atomic mass is 10.0. The molecule has 0 aliphatic carbocycles. The Hall–Kier alpha value is -3.16. The second kappa shape index (κ2) is 14.2. The van der Waals surface area contributed by atoms with Crippen LogP contribution in [0.2, 0.25) is 0 Å². The van der Waals surface area contributed by atoms with E-state index < -0.39 is 66.4 Å². The number of aliphatic hydroxyl groups excluding tert-OH is 1. The standard InChI is InChI=1S/C21H30N4O8S/c1-11(26)17(22)20(31)25-15(10-34)19(30)24-14(9-12-5-3-2-4-6-12)18(29)23-13(21(32)33)7-8-16(27)28/h2-6,11,13-15,17,26,34H,7-10,22H2,1H3,(H,23,29)(H,24,30)(H,25,31)(H,27,28)(H,32,33). The fourth-order valence-corrected chi connectivity index (χ4v) is 3.07. The first kappa shape index (κ1) is 28.9. The number of hydrogen-bond acceptors (Lipinski definition) is 8. The van der Waals surface area contributed by atoms with Gasteiger partial charge >= 0.3 is 11.9 Å². The van der Waals surface area contributed by atoms with Crippen molar-refractivity contribution in [2.24, 2.45) is 5.73 Å². The summed E-state index contributed by atoms with van der Waals surface area (Å²) >= 11 is 4.04. The van der Waals surface area contributed by atoms with E-state index in [4.69, 9.17) is 10.8 Å². The monoisotopic (exact) mass is 498 g/mol. The molecule has 1 aromatic carbocycles. The molecule has 0 heterocycles. The van der Waals surface area contributed by atoms with E-state index in [2.05, 4.69) is 28.6 Å². The van der Waals surface area contributed by atoms with Gasteiger partial charge in [-0.3, -0.25) is 19.2 Å². The molecular formula is C21H30N4O8S. The lowest BCUT2D eigenvalue weighted by Crippen LogP contribution is -2.59. The molecule has 0 bridgehead atoms. The molecular weight excluding hydrogens is 468 g/mol. The predicted octanol–water partition coefficient (Wildman–Crippen LogP) is -1.73. The maximum Gasteiger partial charge on any atom is 0.326 e. The van der Waals surface area contributed by atoms with Crippen LogP contribution < -0.4 is 21.7 Å². The number of rotatable bonds is 14. The van der Waals surface area contributed by atoms with Crippen molar-refractivity contribution in [2.45, 2.75) is 56.5 Å². The lowest BCUT2D eigenvalue weighted by Gasteiger charge is -2.25. The second-order valence-corrected chi connectivity index (χ2v) is 7.96. The number of benzene rings is 1. The van der Waals surface area contributed by atoms with Gasteiger partial charge < -0.3 is 37.0 Å². The third-order valence-corrected chi connectivity index (χ3v) is 5.18. The van der Waals surface area contributed by atoms with Gasteiger partial charge in [-0.25, -0.2) is 4.79 Å². The van der Waals surface area contributed by atoms with E-state index >= 15 is 0 Å². The molecule has 0 radical (unpaired) electrons. The van der Waals surface area contributed by atoms with Crippen LogP contribution >= 0.6 is 12.6 Å². The van der Waals surface area contributed by atoms with Gasteiger partial charge in [0.1, 0.15) is 24.2 Å². The van der Waals surface area contributed by atoms with Crippen LogP contribution in [0.3, 0.4) is 0 Å². The Morgan fingerprint density at radius 2 is 1.44 bits per heavy atom. The molecule has 0 aromatic heterocycles. The molecule has 0 aliphatic rings. The van der Waals surface area contributed by atoms with Crippen molar-refractivity contribution in [2.75, 3.05) is 5.75 Å². The molecule has 34 heavy (non-hydrogen) atoms. The fourth-order valence-electron chi connectivity index (χ4n) is 2.81. The summed E-state index contributed by atoms with van der Waals surface area (Å²) in [4.78, 5) is 60.0. The third kappa shape index (κ3) is 9.77. The van der Waals surface area contributed by atoms with Crippen LogP contribution in [0, 0.1) is 0 Å². The highest BCUT2D eigenvalue weighted by Gasteiger charge is 2.30. The fraction of sp³-hybridized carbons (Fsp3) is 0.476. The number of nitrogens with one attached hydrogen (secondary N) is 3. The predicted molar refractivity (Wildman–Crippen MR) is 124 cm³/mol. The maximum atomic E-state index is 12.9. The van der Waals surface area contributed by atoms with Crippen LogP contribution in [-0.4, -0.2) is 81.0 Å². The molecule has 0 spiro atoms. The average Bonchev–Trinajstić information content (AvgIpc) is 2.78. The van der Waals surface area contributed by atoms with Crippen LogP contribution in [0.4, 0.5) is 0 Å². The summed E-state index contributed by atoms with van der Waals surface area (Å²) in [7, 11) is 0. The van der Waals surface area contributed by atoms with Gasteiger partial charge in [0.15, 0.2) is 0 Å². The first-order chi connectivity index (χ1) is 16.0. The highest BCUT2D eigenvalue weighted by molar-refractivity contribution is 7.80. The molecule has 0 saturated carbocycles. The number of carboxylic acid groups (broad SMARTS) is 2. The van der Waals surface area contributed by atoms with Crippen molar-refractivity contribution >= 4 is 42.3 Å². The molecule has 188 valence electrons. The maximum absolute atomic E-state index is 12.9. The molecule has 3 amide bonds. The third-order valence-electron chi connectivity index (χ3n) is 4.82. The zero-order valence-corrected chi connectivity index (χ0v) is 19.4. The Morgan fingerprint density at radius 1 is 0.912 bits per heavy atom. The molecule has 5 unspecified atom stereocenters. The molecule has 13 heteroatoms. The summed E-state index contributed by atoms with van der Waals surface area (Å²) in [5, 5.41) is 34.7. The number of aliphatic carboxylic acids is 2.